The van der Waals surface area contributed by atoms with Crippen molar-refractivity contribution < 1.29 is 4.74 Å². The van der Waals surface area contributed by atoms with E-state index in [0.717, 1.165) is 10.8 Å². The first-order chi connectivity index (χ1) is 7.84. The Hall–Kier alpha value is -0.970. The third-order valence-electron chi connectivity index (χ3n) is 2.91. The van der Waals surface area contributed by atoms with E-state index in [1.54, 1.807) is 0 Å². The molecule has 0 spiro atoms. The van der Waals surface area contributed by atoms with E-state index >= 15 is 0 Å². The highest BCUT2D eigenvalue weighted by Crippen LogP contribution is 2.39. The number of rotatable bonds is 5. The van der Waals surface area contributed by atoms with Crippen LogP contribution in [0.5, 0.6) is 5.75 Å². The fourth-order valence-electron chi connectivity index (χ4n) is 1.49. The van der Waals surface area contributed by atoms with E-state index < -0.39 is 0 Å². The molecule has 2 N–H and O–H groups in total. The van der Waals surface area contributed by atoms with Gasteiger partial charge in [0, 0.05) is 13.1 Å². The molecule has 1 heterocycles. The average molecular weight is 257 g/mol. The molecule has 1 aromatic heterocycles. The average Bonchev–Trinajstić information content (AvgIpc) is 2.58. The van der Waals surface area contributed by atoms with Crippen LogP contribution in [0.3, 0.4) is 0 Å². The molecule has 4 nitrogen and oxygen atoms in total. The molecule has 0 aliphatic heterocycles. The van der Waals surface area contributed by atoms with Crippen molar-refractivity contribution >= 4 is 22.4 Å². The molecule has 0 bridgehead atoms. The minimum absolute atomic E-state index is 0.107. The largest absolute Gasteiger partial charge is 0.484 e. The van der Waals surface area contributed by atoms with Crippen molar-refractivity contribution in [3.8, 4) is 5.75 Å². The van der Waals surface area contributed by atoms with Gasteiger partial charge in [-0.3, -0.25) is 0 Å². The zero-order valence-electron chi connectivity index (χ0n) is 11.5. The number of nitrogen functional groups attached to an aromatic ring is 1. The van der Waals surface area contributed by atoms with Gasteiger partial charge in [-0.2, -0.15) is 4.37 Å². The van der Waals surface area contributed by atoms with Crippen LogP contribution in [0.1, 0.15) is 34.6 Å². The number of ether oxygens (including phenoxy) is 1. The van der Waals surface area contributed by atoms with Crippen molar-refractivity contribution in [2.75, 3.05) is 17.7 Å². The van der Waals surface area contributed by atoms with Crippen LogP contribution in [-0.4, -0.2) is 23.6 Å². The molecule has 17 heavy (non-hydrogen) atoms. The summed E-state index contributed by atoms with van der Waals surface area (Å²) in [5.74, 6) is 1.77. The van der Waals surface area contributed by atoms with Crippen LogP contribution >= 0.6 is 11.5 Å². The Morgan fingerprint density at radius 1 is 1.24 bits per heavy atom. The van der Waals surface area contributed by atoms with E-state index in [0.29, 0.717) is 17.8 Å². The monoisotopic (exact) mass is 257 g/mol. The summed E-state index contributed by atoms with van der Waals surface area (Å²) in [6, 6.07) is 0.421. The van der Waals surface area contributed by atoms with Gasteiger partial charge in [-0.15, -0.1) is 0 Å². The highest BCUT2D eigenvalue weighted by atomic mass is 32.1. The first kappa shape index (κ1) is 14.1. The predicted octanol–water partition coefficient (Wildman–Crippen LogP) is 2.99. The summed E-state index contributed by atoms with van der Waals surface area (Å²) in [5.41, 5.74) is 5.85. The number of hydrogen-bond donors (Lipinski definition) is 1. The molecule has 0 aliphatic carbocycles. The van der Waals surface area contributed by atoms with Crippen molar-refractivity contribution in [1.82, 2.24) is 4.37 Å². The molecule has 0 saturated carbocycles. The lowest BCUT2D eigenvalue weighted by atomic mass is 10.1. The maximum absolute atomic E-state index is 5.85. The zero-order chi connectivity index (χ0) is 13.2. The topological polar surface area (TPSA) is 51.4 Å². The smallest absolute Gasteiger partial charge is 0.198 e. The first-order valence-corrected chi connectivity index (χ1v) is 6.76. The van der Waals surface area contributed by atoms with Crippen LogP contribution in [0.25, 0.3) is 0 Å². The summed E-state index contributed by atoms with van der Waals surface area (Å²) in [5, 5.41) is 1.01. The second-order valence-corrected chi connectivity index (χ2v) is 5.72. The van der Waals surface area contributed by atoms with E-state index in [1.165, 1.54) is 11.5 Å². The molecular formula is C12H23N3OS. The highest BCUT2D eigenvalue weighted by molar-refractivity contribution is 7.11. The van der Waals surface area contributed by atoms with Crippen LogP contribution in [-0.2, 0) is 0 Å². The Morgan fingerprint density at radius 3 is 2.29 bits per heavy atom. The molecular weight excluding hydrogens is 234 g/mol. The minimum atomic E-state index is 0.107. The lowest BCUT2D eigenvalue weighted by Crippen LogP contribution is -2.33. The van der Waals surface area contributed by atoms with Gasteiger partial charge in [0.1, 0.15) is 0 Å². The molecule has 0 radical (unpaired) electrons. The number of nitrogens with two attached hydrogens (primary N) is 1. The molecule has 1 unspecified atom stereocenters. The van der Waals surface area contributed by atoms with Crippen LogP contribution in [0.4, 0.5) is 10.8 Å². The highest BCUT2D eigenvalue weighted by Gasteiger charge is 2.22. The van der Waals surface area contributed by atoms with Gasteiger partial charge in [-0.05, 0) is 38.2 Å². The summed E-state index contributed by atoms with van der Waals surface area (Å²) in [6.07, 6.45) is 0.107. The number of anilines is 2. The van der Waals surface area contributed by atoms with Gasteiger partial charge < -0.3 is 15.4 Å². The number of nitrogens with zero attached hydrogens (tertiary/aromatic N) is 2. The molecule has 0 aliphatic rings. The maximum Gasteiger partial charge on any atom is 0.198 e. The van der Waals surface area contributed by atoms with Gasteiger partial charge in [-0.25, -0.2) is 0 Å². The van der Waals surface area contributed by atoms with Crippen molar-refractivity contribution in [2.24, 2.45) is 5.92 Å². The zero-order valence-corrected chi connectivity index (χ0v) is 12.3. The standard InChI is InChI=1S/C12H23N3OS/c1-7(2)9(5)15(6)12-10(16-8(3)4)11(13)14-17-12/h7-9H,1-6H3,(H2,13,14). The summed E-state index contributed by atoms with van der Waals surface area (Å²) in [6.45, 7) is 10.6. The molecule has 0 fully saturated rings. The van der Waals surface area contributed by atoms with Crippen molar-refractivity contribution in [2.45, 2.75) is 46.8 Å². The van der Waals surface area contributed by atoms with Crippen molar-refractivity contribution in [3.63, 3.8) is 0 Å². The van der Waals surface area contributed by atoms with E-state index in [9.17, 15) is 0 Å². The SMILES string of the molecule is CC(C)Oc1c(N)nsc1N(C)C(C)C(C)C. The third-order valence-corrected chi connectivity index (χ3v) is 3.84. The molecule has 0 amide bonds. The first-order valence-electron chi connectivity index (χ1n) is 5.99. The van der Waals surface area contributed by atoms with E-state index in [1.807, 2.05) is 13.8 Å². The van der Waals surface area contributed by atoms with Gasteiger partial charge in [0.2, 0.25) is 0 Å². The number of hydrogen-bond acceptors (Lipinski definition) is 5. The number of aromatic nitrogens is 1. The van der Waals surface area contributed by atoms with Crippen molar-refractivity contribution in [3.05, 3.63) is 0 Å². The van der Waals surface area contributed by atoms with E-state index in [4.69, 9.17) is 10.5 Å². The van der Waals surface area contributed by atoms with Gasteiger partial charge in [0.25, 0.3) is 0 Å². The van der Waals surface area contributed by atoms with Crippen molar-refractivity contribution in [1.29, 1.82) is 0 Å². The van der Waals surface area contributed by atoms with E-state index in [2.05, 4.69) is 37.1 Å². The lowest BCUT2D eigenvalue weighted by Gasteiger charge is -2.29. The Kier molecular flexibility index (Phi) is 4.62. The normalized spacial score (nSPS) is 13.2. The quantitative estimate of drug-likeness (QED) is 0.881. The molecule has 98 valence electrons. The summed E-state index contributed by atoms with van der Waals surface area (Å²) in [4.78, 5) is 2.19. The molecule has 0 aromatic carbocycles. The van der Waals surface area contributed by atoms with Crippen LogP contribution in [0.15, 0.2) is 0 Å². The summed E-state index contributed by atoms with van der Waals surface area (Å²) >= 11 is 1.40. The lowest BCUT2D eigenvalue weighted by molar-refractivity contribution is 0.244. The fraction of sp³-hybridized carbons (Fsp3) is 0.750. The van der Waals surface area contributed by atoms with Gasteiger partial charge in [0.15, 0.2) is 16.6 Å². The van der Waals surface area contributed by atoms with Gasteiger partial charge in [-0.1, -0.05) is 13.8 Å². The van der Waals surface area contributed by atoms with Crippen LogP contribution in [0, 0.1) is 5.92 Å². The molecule has 1 rings (SSSR count). The second kappa shape index (κ2) is 5.58. The Morgan fingerprint density at radius 2 is 1.82 bits per heavy atom. The Labute approximate surface area is 108 Å². The second-order valence-electron chi connectivity index (χ2n) is 4.96. The summed E-state index contributed by atoms with van der Waals surface area (Å²) < 4.78 is 9.93. The van der Waals surface area contributed by atoms with Gasteiger partial charge >= 0.3 is 0 Å². The molecule has 0 saturated heterocycles. The molecule has 1 atom stereocenters. The molecule has 5 heteroatoms. The Balaban J connectivity index is 2.97. The predicted molar refractivity (Wildman–Crippen MR) is 75.0 cm³/mol. The molecule has 1 aromatic rings. The van der Waals surface area contributed by atoms with Crippen LogP contribution < -0.4 is 15.4 Å². The summed E-state index contributed by atoms with van der Waals surface area (Å²) in [7, 11) is 2.06. The fourth-order valence-corrected chi connectivity index (χ4v) is 2.29. The van der Waals surface area contributed by atoms with Gasteiger partial charge in [0.05, 0.1) is 6.10 Å². The van der Waals surface area contributed by atoms with Crippen LogP contribution in [0.2, 0.25) is 0 Å². The maximum atomic E-state index is 5.85. The minimum Gasteiger partial charge on any atom is -0.484 e. The third kappa shape index (κ3) is 3.25. The van der Waals surface area contributed by atoms with E-state index in [-0.39, 0.29) is 6.10 Å². The Bertz CT molecular complexity index is 363.